The fourth-order valence-corrected chi connectivity index (χ4v) is 2.07. The van der Waals surface area contributed by atoms with Gasteiger partial charge < -0.3 is 0 Å². The van der Waals surface area contributed by atoms with E-state index in [1.807, 2.05) is 6.07 Å². The Morgan fingerprint density at radius 2 is 1.38 bits per heavy atom. The van der Waals surface area contributed by atoms with Crippen LogP contribution >= 0.6 is 23.2 Å². The zero-order valence-electron chi connectivity index (χ0n) is 10.6. The molecule has 0 bridgehead atoms. The lowest BCUT2D eigenvalue weighted by Crippen LogP contribution is -2.01. The first-order valence-electron chi connectivity index (χ1n) is 5.83. The number of rotatable bonds is 3. The fraction of sp³-hybridized carbons (Fsp3) is 0. The highest BCUT2D eigenvalue weighted by Gasteiger charge is 2.22. The lowest BCUT2D eigenvalue weighted by molar-refractivity contribution is -0.374. The summed E-state index contributed by atoms with van der Waals surface area (Å²) < 4.78 is 0. The Balaban J connectivity index is 2.66. The minimum absolute atomic E-state index is 0.0287. The molecule has 0 saturated heterocycles. The van der Waals surface area contributed by atoms with Gasteiger partial charge in [-0.25, -0.2) is 0 Å². The van der Waals surface area contributed by atoms with Crippen LogP contribution < -0.4 is 0 Å². The highest BCUT2D eigenvalue weighted by molar-refractivity contribution is 6.31. The van der Waals surface area contributed by atoms with Crippen LogP contribution in [-0.4, -0.2) is 4.92 Å². The number of hydrogen-bond acceptors (Lipinski definition) is 3. The SMILES string of the molecule is N#C/C(=C(/c1ccc(Cl)cc1)[N+](=O)[O-])c1ccc(Cl)cc1. The van der Waals surface area contributed by atoms with E-state index in [1.54, 1.807) is 24.3 Å². The van der Waals surface area contributed by atoms with E-state index in [0.29, 0.717) is 21.2 Å². The van der Waals surface area contributed by atoms with Crippen molar-refractivity contribution in [2.75, 3.05) is 0 Å². The number of nitro groups is 1. The second kappa shape index (κ2) is 6.40. The molecule has 6 heteroatoms. The van der Waals surface area contributed by atoms with Gasteiger partial charge in [-0.2, -0.15) is 5.26 Å². The zero-order valence-corrected chi connectivity index (χ0v) is 12.1. The van der Waals surface area contributed by atoms with Gasteiger partial charge in [0.05, 0.1) is 10.5 Å². The average Bonchev–Trinajstić information content (AvgIpc) is 2.47. The molecule has 0 N–H and O–H groups in total. The van der Waals surface area contributed by atoms with Crippen molar-refractivity contribution in [1.29, 1.82) is 5.26 Å². The molecule has 0 fully saturated rings. The molecule has 104 valence electrons. The first kappa shape index (κ1) is 15.0. The summed E-state index contributed by atoms with van der Waals surface area (Å²) >= 11 is 11.6. The van der Waals surface area contributed by atoms with Crippen LogP contribution in [0.2, 0.25) is 10.0 Å². The van der Waals surface area contributed by atoms with Gasteiger partial charge in [0, 0.05) is 10.0 Å². The minimum atomic E-state index is -0.573. The van der Waals surface area contributed by atoms with Crippen molar-refractivity contribution in [2.45, 2.75) is 0 Å². The summed E-state index contributed by atoms with van der Waals surface area (Å²) in [6.07, 6.45) is 0. The number of allylic oxidation sites excluding steroid dienone is 1. The predicted molar refractivity (Wildman–Crippen MR) is 82.3 cm³/mol. The highest BCUT2D eigenvalue weighted by atomic mass is 35.5. The Bertz CT molecular complexity index is 745. The van der Waals surface area contributed by atoms with Gasteiger partial charge in [-0.3, -0.25) is 10.1 Å². The second-order valence-electron chi connectivity index (χ2n) is 4.11. The van der Waals surface area contributed by atoms with Gasteiger partial charge >= 0.3 is 0 Å². The number of nitrogens with zero attached hydrogens (tertiary/aromatic N) is 2. The van der Waals surface area contributed by atoms with Crippen molar-refractivity contribution in [3.05, 3.63) is 79.8 Å². The van der Waals surface area contributed by atoms with Crippen molar-refractivity contribution in [3.8, 4) is 6.07 Å². The molecule has 4 nitrogen and oxygen atoms in total. The van der Waals surface area contributed by atoms with E-state index in [-0.39, 0.29) is 11.3 Å². The minimum Gasteiger partial charge on any atom is -0.258 e. The van der Waals surface area contributed by atoms with Crippen LogP contribution in [0.3, 0.4) is 0 Å². The molecule has 0 aliphatic heterocycles. The summed E-state index contributed by atoms with van der Waals surface area (Å²) in [5.41, 5.74) is 0.454. The van der Waals surface area contributed by atoms with Gasteiger partial charge in [-0.15, -0.1) is 0 Å². The Hall–Kier alpha value is -2.35. The summed E-state index contributed by atoms with van der Waals surface area (Å²) in [6.45, 7) is 0. The fourth-order valence-electron chi connectivity index (χ4n) is 1.82. The quantitative estimate of drug-likeness (QED) is 0.357. The molecule has 0 aromatic heterocycles. The molecule has 0 spiro atoms. The second-order valence-corrected chi connectivity index (χ2v) is 4.98. The maximum Gasteiger partial charge on any atom is 0.294 e. The maximum atomic E-state index is 11.4. The Kier molecular flexibility index (Phi) is 4.59. The molecule has 0 amide bonds. The van der Waals surface area contributed by atoms with Gasteiger partial charge in [0.15, 0.2) is 0 Å². The summed E-state index contributed by atoms with van der Waals surface area (Å²) in [5.74, 6) is 0. The van der Waals surface area contributed by atoms with Gasteiger partial charge in [0.2, 0.25) is 0 Å². The average molecular weight is 319 g/mol. The van der Waals surface area contributed by atoms with Gasteiger partial charge in [-0.1, -0.05) is 35.3 Å². The first-order chi connectivity index (χ1) is 10.0. The molecule has 0 heterocycles. The molecule has 0 saturated carbocycles. The van der Waals surface area contributed by atoms with E-state index in [1.165, 1.54) is 24.3 Å². The lowest BCUT2D eigenvalue weighted by Gasteiger charge is -2.04. The molecule has 2 rings (SSSR count). The largest absolute Gasteiger partial charge is 0.294 e. The van der Waals surface area contributed by atoms with Gasteiger partial charge in [-0.05, 0) is 42.0 Å². The third-order valence-electron chi connectivity index (χ3n) is 2.78. The summed E-state index contributed by atoms with van der Waals surface area (Å²) in [6, 6.07) is 14.3. The van der Waals surface area contributed by atoms with Crippen molar-refractivity contribution >= 4 is 34.5 Å². The number of hydrogen-bond donors (Lipinski definition) is 0. The molecular weight excluding hydrogens is 311 g/mol. The number of halogens is 2. The summed E-state index contributed by atoms with van der Waals surface area (Å²) in [7, 11) is 0. The van der Waals surface area contributed by atoms with Crippen molar-refractivity contribution < 1.29 is 4.92 Å². The molecule has 0 atom stereocenters. The predicted octanol–water partition coefficient (Wildman–Crippen LogP) is 4.66. The van der Waals surface area contributed by atoms with Crippen molar-refractivity contribution in [2.24, 2.45) is 0 Å². The maximum absolute atomic E-state index is 11.4. The van der Waals surface area contributed by atoms with E-state index < -0.39 is 4.92 Å². The van der Waals surface area contributed by atoms with Crippen LogP contribution in [0.5, 0.6) is 0 Å². The number of nitriles is 1. The summed E-state index contributed by atoms with van der Waals surface area (Å²) in [5, 5.41) is 21.6. The van der Waals surface area contributed by atoms with E-state index in [0.717, 1.165) is 0 Å². The van der Waals surface area contributed by atoms with Gasteiger partial charge in [0.25, 0.3) is 5.70 Å². The molecule has 0 radical (unpaired) electrons. The third kappa shape index (κ3) is 3.40. The van der Waals surface area contributed by atoms with Crippen LogP contribution in [0, 0.1) is 21.4 Å². The van der Waals surface area contributed by atoms with Crippen LogP contribution in [0.15, 0.2) is 48.5 Å². The standard InChI is InChI=1S/C15H8Cl2N2O2/c16-12-5-1-10(2-6-12)14(9-18)15(19(20)21)11-3-7-13(17)8-4-11/h1-8H/b15-14+. The molecule has 21 heavy (non-hydrogen) atoms. The highest BCUT2D eigenvalue weighted by Crippen LogP contribution is 2.28. The third-order valence-corrected chi connectivity index (χ3v) is 3.29. The normalized spacial score (nSPS) is 11.5. The topological polar surface area (TPSA) is 66.9 Å². The van der Waals surface area contributed by atoms with E-state index in [4.69, 9.17) is 23.2 Å². The van der Waals surface area contributed by atoms with Crippen LogP contribution in [0.1, 0.15) is 11.1 Å². The Labute approximate surface area is 131 Å². The van der Waals surface area contributed by atoms with Gasteiger partial charge in [0.1, 0.15) is 11.6 Å². The Morgan fingerprint density at radius 1 is 0.952 bits per heavy atom. The van der Waals surface area contributed by atoms with Crippen LogP contribution in [-0.2, 0) is 0 Å². The Morgan fingerprint density at radius 3 is 1.76 bits per heavy atom. The van der Waals surface area contributed by atoms with Crippen LogP contribution in [0.25, 0.3) is 11.3 Å². The van der Waals surface area contributed by atoms with E-state index >= 15 is 0 Å². The van der Waals surface area contributed by atoms with E-state index in [2.05, 4.69) is 0 Å². The number of benzene rings is 2. The van der Waals surface area contributed by atoms with E-state index in [9.17, 15) is 15.4 Å². The molecule has 0 unspecified atom stereocenters. The molecule has 2 aromatic carbocycles. The molecule has 2 aromatic rings. The zero-order chi connectivity index (χ0) is 15.4. The monoisotopic (exact) mass is 318 g/mol. The molecule has 0 aliphatic carbocycles. The van der Waals surface area contributed by atoms with Crippen LogP contribution in [0.4, 0.5) is 0 Å². The molecular formula is C15H8Cl2N2O2. The summed E-state index contributed by atoms with van der Waals surface area (Å²) in [4.78, 5) is 10.8. The van der Waals surface area contributed by atoms with Crippen molar-refractivity contribution in [3.63, 3.8) is 0 Å². The molecule has 0 aliphatic rings. The first-order valence-corrected chi connectivity index (χ1v) is 6.59. The van der Waals surface area contributed by atoms with Crippen molar-refractivity contribution in [1.82, 2.24) is 0 Å². The lowest BCUT2D eigenvalue weighted by atomic mass is 10.0. The smallest absolute Gasteiger partial charge is 0.258 e.